The topological polar surface area (TPSA) is 109 Å². The van der Waals surface area contributed by atoms with Crippen LogP contribution in [-0.2, 0) is 16.0 Å². The number of hydrogen-bond donors (Lipinski definition) is 0. The van der Waals surface area contributed by atoms with Gasteiger partial charge in [0.15, 0.2) is 11.5 Å². The molecule has 1 saturated heterocycles. The molecule has 0 radical (unpaired) electrons. The standard InChI is InChI=1S/C20H20N2O6S/c1-27-14-6-5-12(10-15(14)28-2)7-9-22-17(23)11-16(19(22)24)29-18-13(20(25)26)4-3-8-21-18/h3-6,8,10,16H,7,9,11H2,1-2H3,(H,25,26)/p-1. The number of rotatable bonds is 8. The molecule has 0 N–H and O–H groups in total. The lowest BCUT2D eigenvalue weighted by molar-refractivity contribution is -0.255. The zero-order valence-corrected chi connectivity index (χ0v) is 16.7. The summed E-state index contributed by atoms with van der Waals surface area (Å²) >= 11 is 0.974. The van der Waals surface area contributed by atoms with Gasteiger partial charge in [0.1, 0.15) is 5.03 Å². The van der Waals surface area contributed by atoms with Gasteiger partial charge in [0, 0.05) is 24.7 Å². The van der Waals surface area contributed by atoms with E-state index in [2.05, 4.69) is 4.98 Å². The van der Waals surface area contributed by atoms with Gasteiger partial charge in [-0.1, -0.05) is 17.8 Å². The van der Waals surface area contributed by atoms with Crippen LogP contribution in [-0.4, -0.2) is 53.7 Å². The van der Waals surface area contributed by atoms with E-state index in [1.54, 1.807) is 19.2 Å². The molecule has 2 aromatic rings. The lowest BCUT2D eigenvalue weighted by atomic mass is 10.1. The SMILES string of the molecule is COc1ccc(CCN2C(=O)CC(Sc3ncccc3C(=O)[O-])C2=O)cc1OC. The molecule has 0 aliphatic carbocycles. The summed E-state index contributed by atoms with van der Waals surface area (Å²) in [6.07, 6.45) is 1.90. The second-order valence-electron chi connectivity index (χ2n) is 6.28. The molecule has 1 aliphatic heterocycles. The number of carbonyl (C=O) groups excluding carboxylic acids is 3. The summed E-state index contributed by atoms with van der Waals surface area (Å²) in [6.45, 7) is 0.222. The first-order valence-electron chi connectivity index (χ1n) is 8.82. The summed E-state index contributed by atoms with van der Waals surface area (Å²) in [4.78, 5) is 41.5. The largest absolute Gasteiger partial charge is 0.545 e. The molecule has 152 valence electrons. The number of aromatic carboxylic acids is 1. The summed E-state index contributed by atoms with van der Waals surface area (Å²) in [5, 5.41) is 10.7. The van der Waals surface area contributed by atoms with E-state index in [-0.39, 0.29) is 35.4 Å². The molecule has 0 bridgehead atoms. The summed E-state index contributed by atoms with van der Waals surface area (Å²) in [7, 11) is 3.08. The van der Waals surface area contributed by atoms with Crippen LogP contribution in [0.4, 0.5) is 0 Å². The molecule has 2 amide bonds. The highest BCUT2D eigenvalue weighted by Crippen LogP contribution is 2.32. The van der Waals surface area contributed by atoms with E-state index in [0.717, 1.165) is 17.3 Å². The minimum atomic E-state index is -1.37. The highest BCUT2D eigenvalue weighted by Gasteiger charge is 2.39. The van der Waals surface area contributed by atoms with Crippen LogP contribution in [0.25, 0.3) is 0 Å². The van der Waals surface area contributed by atoms with Crippen LogP contribution >= 0.6 is 11.8 Å². The number of carboxylic acid groups (broad SMARTS) is 1. The third-order valence-electron chi connectivity index (χ3n) is 4.52. The maximum atomic E-state index is 12.7. The highest BCUT2D eigenvalue weighted by molar-refractivity contribution is 8.00. The smallest absolute Gasteiger partial charge is 0.243 e. The number of benzene rings is 1. The minimum absolute atomic E-state index is 0.00149. The second kappa shape index (κ2) is 8.95. The van der Waals surface area contributed by atoms with Crippen molar-refractivity contribution in [1.29, 1.82) is 0 Å². The molecule has 8 nitrogen and oxygen atoms in total. The molecule has 0 spiro atoms. The van der Waals surface area contributed by atoms with Gasteiger partial charge in [0.05, 0.1) is 25.4 Å². The third-order valence-corrected chi connectivity index (χ3v) is 5.72. The van der Waals surface area contributed by atoms with Crippen LogP contribution in [0, 0.1) is 0 Å². The number of amides is 2. The molecular formula is C20H19N2O6S-. The van der Waals surface area contributed by atoms with Crippen molar-refractivity contribution in [2.75, 3.05) is 20.8 Å². The fraction of sp³-hybridized carbons (Fsp3) is 0.300. The Morgan fingerprint density at radius 1 is 1.24 bits per heavy atom. The molecule has 9 heteroatoms. The van der Waals surface area contributed by atoms with Crippen molar-refractivity contribution in [3.63, 3.8) is 0 Å². The Hall–Kier alpha value is -3.07. The van der Waals surface area contributed by atoms with Crippen LogP contribution in [0.2, 0.25) is 0 Å². The number of imide groups is 1. The minimum Gasteiger partial charge on any atom is -0.545 e. The molecule has 2 heterocycles. The van der Waals surface area contributed by atoms with Crippen LogP contribution in [0.1, 0.15) is 22.3 Å². The van der Waals surface area contributed by atoms with Gasteiger partial charge >= 0.3 is 0 Å². The number of methoxy groups -OCH3 is 2. The van der Waals surface area contributed by atoms with Gasteiger partial charge in [-0.05, 0) is 36.2 Å². The van der Waals surface area contributed by atoms with Crippen LogP contribution in [0.3, 0.4) is 0 Å². The number of ether oxygens (including phenoxy) is 2. The first-order chi connectivity index (χ1) is 13.9. The molecule has 0 saturated carbocycles. The van der Waals surface area contributed by atoms with Crippen molar-refractivity contribution in [3.8, 4) is 11.5 Å². The van der Waals surface area contributed by atoms with Gasteiger partial charge < -0.3 is 19.4 Å². The van der Waals surface area contributed by atoms with Crippen molar-refractivity contribution < 1.29 is 29.0 Å². The number of likely N-dealkylation sites (tertiary alicyclic amines) is 1. The fourth-order valence-electron chi connectivity index (χ4n) is 3.03. The van der Waals surface area contributed by atoms with Gasteiger partial charge in [-0.15, -0.1) is 0 Å². The Morgan fingerprint density at radius 3 is 2.69 bits per heavy atom. The maximum absolute atomic E-state index is 12.7. The van der Waals surface area contributed by atoms with Crippen molar-refractivity contribution in [2.24, 2.45) is 0 Å². The Morgan fingerprint density at radius 2 is 2.00 bits per heavy atom. The lowest BCUT2D eigenvalue weighted by Crippen LogP contribution is -2.33. The second-order valence-corrected chi connectivity index (χ2v) is 7.47. The summed E-state index contributed by atoms with van der Waals surface area (Å²) in [5.74, 6) is -0.848. The van der Waals surface area contributed by atoms with Gasteiger partial charge in [-0.25, -0.2) is 4.98 Å². The number of carbonyl (C=O) groups is 3. The molecule has 1 aromatic carbocycles. The van der Waals surface area contributed by atoms with Gasteiger partial charge in [0.25, 0.3) is 0 Å². The van der Waals surface area contributed by atoms with Crippen molar-refractivity contribution in [3.05, 3.63) is 47.7 Å². The quantitative estimate of drug-likeness (QED) is 0.586. The van der Waals surface area contributed by atoms with E-state index in [1.165, 1.54) is 30.3 Å². The number of pyridine rings is 1. The van der Waals surface area contributed by atoms with Crippen LogP contribution in [0.5, 0.6) is 11.5 Å². The van der Waals surface area contributed by atoms with E-state index in [4.69, 9.17) is 9.47 Å². The number of carboxylic acids is 1. The Bertz CT molecular complexity index is 948. The highest BCUT2D eigenvalue weighted by atomic mass is 32.2. The summed E-state index contributed by atoms with van der Waals surface area (Å²) in [5.41, 5.74) is 0.796. The number of nitrogens with zero attached hydrogens (tertiary/aromatic N) is 2. The molecule has 1 unspecified atom stereocenters. The Kier molecular flexibility index (Phi) is 6.38. The Balaban J connectivity index is 1.68. The van der Waals surface area contributed by atoms with E-state index in [0.29, 0.717) is 17.9 Å². The number of hydrogen-bond acceptors (Lipinski definition) is 8. The molecule has 1 aromatic heterocycles. The molecule has 3 rings (SSSR count). The van der Waals surface area contributed by atoms with Gasteiger partial charge in [-0.3, -0.25) is 14.5 Å². The predicted octanol–water partition coefficient (Wildman–Crippen LogP) is 0.925. The molecular weight excluding hydrogens is 396 g/mol. The lowest BCUT2D eigenvalue weighted by Gasteiger charge is -2.16. The zero-order valence-electron chi connectivity index (χ0n) is 15.9. The molecule has 29 heavy (non-hydrogen) atoms. The van der Waals surface area contributed by atoms with Crippen molar-refractivity contribution in [2.45, 2.75) is 23.1 Å². The number of thioether (sulfide) groups is 1. The molecule has 1 fully saturated rings. The molecule has 1 atom stereocenters. The first kappa shape index (κ1) is 20.7. The summed E-state index contributed by atoms with van der Waals surface area (Å²) in [6, 6.07) is 8.25. The van der Waals surface area contributed by atoms with Crippen molar-refractivity contribution >= 4 is 29.5 Å². The van der Waals surface area contributed by atoms with Gasteiger partial charge in [0.2, 0.25) is 11.8 Å². The summed E-state index contributed by atoms with van der Waals surface area (Å²) < 4.78 is 10.5. The van der Waals surface area contributed by atoms with E-state index < -0.39 is 11.2 Å². The van der Waals surface area contributed by atoms with E-state index in [9.17, 15) is 19.5 Å². The fourth-order valence-corrected chi connectivity index (χ4v) is 4.16. The average Bonchev–Trinajstić information content (AvgIpc) is 2.99. The van der Waals surface area contributed by atoms with Crippen LogP contribution in [0.15, 0.2) is 41.6 Å². The normalized spacial score (nSPS) is 16.2. The number of aromatic nitrogens is 1. The first-order valence-corrected chi connectivity index (χ1v) is 9.70. The third kappa shape index (κ3) is 4.51. The average molecular weight is 415 g/mol. The molecule has 1 aliphatic rings. The van der Waals surface area contributed by atoms with Crippen LogP contribution < -0.4 is 14.6 Å². The Labute approximate surface area is 171 Å². The van der Waals surface area contributed by atoms with E-state index >= 15 is 0 Å². The van der Waals surface area contributed by atoms with Gasteiger partial charge in [-0.2, -0.15) is 0 Å². The van der Waals surface area contributed by atoms with E-state index in [1.807, 2.05) is 6.07 Å². The van der Waals surface area contributed by atoms with Crippen molar-refractivity contribution in [1.82, 2.24) is 9.88 Å². The maximum Gasteiger partial charge on any atom is 0.243 e. The monoisotopic (exact) mass is 415 g/mol. The predicted molar refractivity (Wildman–Crippen MR) is 103 cm³/mol. The zero-order chi connectivity index (χ0) is 21.0.